The second kappa shape index (κ2) is 3.49. The number of halogens is 1. The minimum atomic E-state index is -1.18. The van der Waals surface area contributed by atoms with E-state index in [9.17, 15) is 4.39 Å². The van der Waals surface area contributed by atoms with Gasteiger partial charge in [-0.2, -0.15) is 0 Å². The first-order valence-corrected chi connectivity index (χ1v) is 4.74. The number of benzene rings is 1. The Labute approximate surface area is 79.8 Å². The molecule has 0 saturated carbocycles. The third kappa shape index (κ3) is 2.09. The monoisotopic (exact) mass is 180 g/mol. The van der Waals surface area contributed by atoms with Crippen molar-refractivity contribution in [3.8, 4) is 0 Å². The molecule has 13 heavy (non-hydrogen) atoms. The van der Waals surface area contributed by atoms with Gasteiger partial charge in [0.05, 0.1) is 0 Å². The second-order valence-electron chi connectivity index (χ2n) is 3.85. The molecule has 0 spiro atoms. The smallest absolute Gasteiger partial charge is 0.133 e. The summed E-state index contributed by atoms with van der Waals surface area (Å²) in [7, 11) is 0. The maximum absolute atomic E-state index is 13.9. The average Bonchev–Trinajstić information content (AvgIpc) is 2.09. The number of rotatable bonds is 2. The minimum absolute atomic E-state index is 0.523. The van der Waals surface area contributed by atoms with E-state index in [-0.39, 0.29) is 0 Å². The lowest BCUT2D eigenvalue weighted by Gasteiger charge is -2.19. The Morgan fingerprint density at radius 3 is 2.31 bits per heavy atom. The summed E-state index contributed by atoms with van der Waals surface area (Å²) in [5.41, 5.74) is 1.99. The van der Waals surface area contributed by atoms with Crippen molar-refractivity contribution >= 4 is 0 Å². The topological polar surface area (TPSA) is 0 Å². The van der Waals surface area contributed by atoms with Gasteiger partial charge in [-0.05, 0) is 43.9 Å². The second-order valence-corrected chi connectivity index (χ2v) is 3.85. The summed E-state index contributed by atoms with van der Waals surface area (Å²) in [6, 6.07) is 5.81. The van der Waals surface area contributed by atoms with Crippen molar-refractivity contribution in [2.45, 2.75) is 39.8 Å². The molecule has 0 heterocycles. The molecule has 72 valence electrons. The molecule has 0 bridgehead atoms. The van der Waals surface area contributed by atoms with Crippen molar-refractivity contribution in [2.24, 2.45) is 0 Å². The summed E-state index contributed by atoms with van der Waals surface area (Å²) in [6.45, 7) is 7.57. The molecule has 0 fully saturated rings. The predicted molar refractivity (Wildman–Crippen MR) is 54.7 cm³/mol. The normalized spacial score (nSPS) is 15.5. The number of hydrogen-bond donors (Lipinski definition) is 0. The van der Waals surface area contributed by atoms with Gasteiger partial charge in [0.25, 0.3) is 0 Å². The third-order valence-corrected chi connectivity index (χ3v) is 2.77. The van der Waals surface area contributed by atoms with Crippen molar-refractivity contribution in [1.82, 2.24) is 0 Å². The molecule has 0 N–H and O–H groups in total. The van der Waals surface area contributed by atoms with Crippen LogP contribution in [0.4, 0.5) is 4.39 Å². The van der Waals surface area contributed by atoms with Gasteiger partial charge in [-0.1, -0.05) is 25.1 Å². The largest absolute Gasteiger partial charge is 0.239 e. The Morgan fingerprint density at radius 2 is 1.85 bits per heavy atom. The quantitative estimate of drug-likeness (QED) is 0.647. The van der Waals surface area contributed by atoms with Crippen LogP contribution in [-0.2, 0) is 5.67 Å². The number of hydrogen-bond acceptors (Lipinski definition) is 0. The van der Waals surface area contributed by atoms with E-state index in [1.165, 1.54) is 5.56 Å². The fourth-order valence-corrected chi connectivity index (χ4v) is 1.27. The van der Waals surface area contributed by atoms with Gasteiger partial charge in [-0.3, -0.25) is 0 Å². The van der Waals surface area contributed by atoms with Gasteiger partial charge in [0, 0.05) is 0 Å². The van der Waals surface area contributed by atoms with Gasteiger partial charge in [0.15, 0.2) is 0 Å². The molecular formula is C12H17F. The Balaban J connectivity index is 3.10. The summed E-state index contributed by atoms with van der Waals surface area (Å²) in [6.07, 6.45) is 0.523. The van der Waals surface area contributed by atoms with Crippen LogP contribution < -0.4 is 0 Å². The summed E-state index contributed by atoms with van der Waals surface area (Å²) in [5, 5.41) is 0. The Bertz CT molecular complexity index is 300. The van der Waals surface area contributed by atoms with Crippen LogP contribution in [0.15, 0.2) is 18.2 Å². The maximum Gasteiger partial charge on any atom is 0.133 e. The van der Waals surface area contributed by atoms with Gasteiger partial charge in [0.1, 0.15) is 5.67 Å². The average molecular weight is 180 g/mol. The molecule has 0 aromatic heterocycles. The van der Waals surface area contributed by atoms with Crippen LogP contribution in [0.2, 0.25) is 0 Å². The molecule has 0 amide bonds. The molecule has 0 aliphatic heterocycles. The van der Waals surface area contributed by atoms with Gasteiger partial charge in [-0.25, -0.2) is 4.39 Å². The van der Waals surface area contributed by atoms with Crippen LogP contribution >= 0.6 is 0 Å². The molecule has 1 rings (SSSR count). The van der Waals surface area contributed by atoms with E-state index in [1.807, 2.05) is 39.0 Å². The highest BCUT2D eigenvalue weighted by molar-refractivity contribution is 5.32. The van der Waals surface area contributed by atoms with Crippen molar-refractivity contribution in [3.05, 3.63) is 34.9 Å². The maximum atomic E-state index is 13.9. The number of alkyl halides is 1. The molecule has 1 aromatic carbocycles. The fraction of sp³-hybridized carbons (Fsp3) is 0.500. The van der Waals surface area contributed by atoms with E-state index in [0.717, 1.165) is 11.1 Å². The first kappa shape index (κ1) is 10.2. The first-order valence-electron chi connectivity index (χ1n) is 4.74. The Morgan fingerprint density at radius 1 is 1.23 bits per heavy atom. The van der Waals surface area contributed by atoms with Crippen LogP contribution in [0, 0.1) is 13.8 Å². The zero-order valence-corrected chi connectivity index (χ0v) is 8.82. The summed E-state index contributed by atoms with van der Waals surface area (Å²) in [4.78, 5) is 0. The molecule has 0 saturated heterocycles. The van der Waals surface area contributed by atoms with Crippen LogP contribution in [0.5, 0.6) is 0 Å². The van der Waals surface area contributed by atoms with E-state index in [0.29, 0.717) is 6.42 Å². The summed E-state index contributed by atoms with van der Waals surface area (Å²) < 4.78 is 13.9. The Kier molecular flexibility index (Phi) is 2.74. The molecule has 0 nitrogen and oxygen atoms in total. The van der Waals surface area contributed by atoms with Crippen LogP contribution in [0.1, 0.15) is 37.0 Å². The van der Waals surface area contributed by atoms with E-state index in [4.69, 9.17) is 0 Å². The van der Waals surface area contributed by atoms with E-state index in [1.54, 1.807) is 6.92 Å². The third-order valence-electron chi connectivity index (χ3n) is 2.77. The Hall–Kier alpha value is -0.850. The van der Waals surface area contributed by atoms with Crippen molar-refractivity contribution < 1.29 is 4.39 Å². The predicted octanol–water partition coefficient (Wildman–Crippen LogP) is 3.90. The first-order chi connectivity index (χ1) is 5.97. The van der Waals surface area contributed by atoms with Crippen LogP contribution in [0.3, 0.4) is 0 Å². The fourth-order valence-electron chi connectivity index (χ4n) is 1.27. The zero-order chi connectivity index (χ0) is 10.1. The molecule has 1 heteroatoms. The molecule has 1 atom stereocenters. The molecule has 0 aliphatic carbocycles. The molecular weight excluding hydrogens is 163 g/mol. The van der Waals surface area contributed by atoms with Crippen LogP contribution in [0.25, 0.3) is 0 Å². The minimum Gasteiger partial charge on any atom is -0.239 e. The van der Waals surface area contributed by atoms with Gasteiger partial charge in [-0.15, -0.1) is 0 Å². The lowest BCUT2D eigenvalue weighted by molar-refractivity contribution is 0.185. The van der Waals surface area contributed by atoms with Gasteiger partial charge >= 0.3 is 0 Å². The lowest BCUT2D eigenvalue weighted by Crippen LogP contribution is -2.13. The molecule has 0 radical (unpaired) electrons. The van der Waals surface area contributed by atoms with Crippen molar-refractivity contribution in [3.63, 3.8) is 0 Å². The summed E-state index contributed by atoms with van der Waals surface area (Å²) >= 11 is 0. The van der Waals surface area contributed by atoms with Gasteiger partial charge < -0.3 is 0 Å². The summed E-state index contributed by atoms with van der Waals surface area (Å²) in [5.74, 6) is 0. The van der Waals surface area contributed by atoms with Gasteiger partial charge in [0.2, 0.25) is 0 Å². The highest BCUT2D eigenvalue weighted by Gasteiger charge is 2.23. The zero-order valence-electron chi connectivity index (χ0n) is 8.82. The SMILES string of the molecule is CCC(C)(F)c1ccc(C)c(C)c1. The van der Waals surface area contributed by atoms with Crippen LogP contribution in [-0.4, -0.2) is 0 Å². The van der Waals surface area contributed by atoms with E-state index in [2.05, 4.69) is 0 Å². The molecule has 1 unspecified atom stereocenters. The number of aryl methyl sites for hydroxylation is 2. The van der Waals surface area contributed by atoms with Crippen molar-refractivity contribution in [1.29, 1.82) is 0 Å². The lowest BCUT2D eigenvalue weighted by atomic mass is 9.92. The van der Waals surface area contributed by atoms with E-state index >= 15 is 0 Å². The highest BCUT2D eigenvalue weighted by atomic mass is 19.1. The molecule has 0 aliphatic rings. The van der Waals surface area contributed by atoms with E-state index < -0.39 is 5.67 Å². The molecule has 1 aromatic rings. The van der Waals surface area contributed by atoms with Crippen molar-refractivity contribution in [2.75, 3.05) is 0 Å². The highest BCUT2D eigenvalue weighted by Crippen LogP contribution is 2.29. The standard InChI is InChI=1S/C12H17F/c1-5-12(4,13)11-7-6-9(2)10(3)8-11/h6-8H,5H2,1-4H3.